The molecule has 0 radical (unpaired) electrons. The summed E-state index contributed by atoms with van der Waals surface area (Å²) in [5.41, 5.74) is 2.98. The molecular formula is C24H26N2O2S. The van der Waals surface area contributed by atoms with Crippen LogP contribution in [0.25, 0.3) is 0 Å². The lowest BCUT2D eigenvalue weighted by molar-refractivity contribution is -0.146. The average Bonchev–Trinajstić information content (AvgIpc) is 3.08. The summed E-state index contributed by atoms with van der Waals surface area (Å²) >= 11 is 1.65. The van der Waals surface area contributed by atoms with Crippen LogP contribution in [0.4, 0.5) is 5.69 Å². The second-order valence-electron chi connectivity index (χ2n) is 8.95. The highest BCUT2D eigenvalue weighted by molar-refractivity contribution is 8.02. The highest BCUT2D eigenvalue weighted by Gasteiger charge is 2.64. The van der Waals surface area contributed by atoms with Crippen LogP contribution in [0.5, 0.6) is 0 Å². The molecule has 1 atom stereocenters. The highest BCUT2D eigenvalue weighted by Crippen LogP contribution is 2.60. The van der Waals surface area contributed by atoms with E-state index in [1.54, 1.807) is 11.8 Å². The number of hydrogen-bond donors (Lipinski definition) is 0. The first-order valence-corrected chi connectivity index (χ1v) is 11.2. The average molecular weight is 407 g/mol. The predicted octanol–water partition coefficient (Wildman–Crippen LogP) is 4.54. The summed E-state index contributed by atoms with van der Waals surface area (Å²) in [5.74, 6) is 0.245. The van der Waals surface area contributed by atoms with E-state index in [-0.39, 0.29) is 22.5 Å². The number of carbonyl (C=O) groups excluding carboxylic acids is 2. The predicted molar refractivity (Wildman–Crippen MR) is 116 cm³/mol. The second-order valence-corrected chi connectivity index (χ2v) is 10.9. The minimum absolute atomic E-state index is 0.0193. The van der Waals surface area contributed by atoms with Gasteiger partial charge in [-0.1, -0.05) is 55.0 Å². The van der Waals surface area contributed by atoms with Crippen molar-refractivity contribution in [3.05, 3.63) is 65.7 Å². The van der Waals surface area contributed by atoms with Gasteiger partial charge >= 0.3 is 0 Å². The molecule has 150 valence electrons. The zero-order valence-electron chi connectivity index (χ0n) is 16.9. The van der Waals surface area contributed by atoms with Crippen LogP contribution in [0.3, 0.4) is 0 Å². The van der Waals surface area contributed by atoms with Gasteiger partial charge < -0.3 is 9.80 Å². The fraction of sp³-hybridized carbons (Fsp3) is 0.417. The number of hydrogen-bond acceptors (Lipinski definition) is 3. The number of fused-ring (bicyclic) bond motifs is 2. The van der Waals surface area contributed by atoms with Crippen LogP contribution >= 0.6 is 11.8 Å². The van der Waals surface area contributed by atoms with Crippen molar-refractivity contribution < 1.29 is 9.59 Å². The van der Waals surface area contributed by atoms with Crippen LogP contribution in [0, 0.1) is 5.92 Å². The van der Waals surface area contributed by atoms with E-state index in [9.17, 15) is 9.59 Å². The van der Waals surface area contributed by atoms with Crippen molar-refractivity contribution >= 4 is 29.3 Å². The first-order valence-electron chi connectivity index (χ1n) is 10.4. The molecule has 2 amide bonds. The lowest BCUT2D eigenvalue weighted by Gasteiger charge is -2.37. The minimum Gasteiger partial charge on any atom is -0.314 e. The van der Waals surface area contributed by atoms with Gasteiger partial charge in [-0.2, -0.15) is 0 Å². The molecule has 4 nitrogen and oxygen atoms in total. The minimum atomic E-state index is -0.943. The van der Waals surface area contributed by atoms with E-state index in [1.165, 1.54) is 0 Å². The number of amides is 2. The molecule has 1 aliphatic carbocycles. The number of carbonyl (C=O) groups is 2. The van der Waals surface area contributed by atoms with Crippen molar-refractivity contribution in [1.82, 2.24) is 4.90 Å². The summed E-state index contributed by atoms with van der Waals surface area (Å²) < 4.78 is -0.176. The van der Waals surface area contributed by atoms with Crippen LogP contribution in [-0.2, 0) is 21.0 Å². The Morgan fingerprint density at radius 3 is 2.45 bits per heavy atom. The van der Waals surface area contributed by atoms with Gasteiger partial charge in [-0.15, -0.1) is 11.8 Å². The molecule has 3 aliphatic rings. The number of thioether (sulfide) groups is 1. The van der Waals surface area contributed by atoms with E-state index in [0.29, 0.717) is 13.1 Å². The molecular weight excluding hydrogens is 380 g/mol. The number of benzene rings is 2. The van der Waals surface area contributed by atoms with Crippen LogP contribution in [0.1, 0.15) is 44.2 Å². The van der Waals surface area contributed by atoms with Crippen LogP contribution < -0.4 is 4.90 Å². The standard InChI is InChI=1S/C24H26N2O2S/c1-23(2)16-26(21(27)18-11-8-12-18)24(29-23)19-13-6-7-14-20(19)25(22(24)28)15-17-9-4-3-5-10-17/h3-7,9-10,13-14,18H,8,11-12,15-16H2,1-2H3/t24-/m0/s1. The first kappa shape index (κ1) is 18.7. The zero-order valence-corrected chi connectivity index (χ0v) is 17.7. The summed E-state index contributed by atoms with van der Waals surface area (Å²) in [6.45, 7) is 5.41. The number of anilines is 1. The maximum Gasteiger partial charge on any atom is 0.268 e. The van der Waals surface area contributed by atoms with Gasteiger partial charge in [-0.05, 0) is 38.3 Å². The quantitative estimate of drug-likeness (QED) is 0.751. The summed E-state index contributed by atoms with van der Waals surface area (Å²) in [4.78, 5) is 30.3. The van der Waals surface area contributed by atoms with E-state index in [2.05, 4.69) is 13.8 Å². The second kappa shape index (κ2) is 6.63. The van der Waals surface area contributed by atoms with Gasteiger partial charge in [-0.3, -0.25) is 9.59 Å². The lowest BCUT2D eigenvalue weighted by Crippen LogP contribution is -2.52. The van der Waals surface area contributed by atoms with Gasteiger partial charge in [0, 0.05) is 22.8 Å². The molecule has 2 heterocycles. The normalized spacial score (nSPS) is 25.4. The Morgan fingerprint density at radius 2 is 1.76 bits per heavy atom. The Kier molecular flexibility index (Phi) is 4.28. The fourth-order valence-corrected chi connectivity index (χ4v) is 6.51. The van der Waals surface area contributed by atoms with Crippen molar-refractivity contribution in [3.8, 4) is 0 Å². The number of para-hydroxylation sites is 1. The van der Waals surface area contributed by atoms with Crippen molar-refractivity contribution in [1.29, 1.82) is 0 Å². The van der Waals surface area contributed by atoms with E-state index in [1.807, 2.05) is 64.4 Å². The topological polar surface area (TPSA) is 40.6 Å². The maximum absolute atomic E-state index is 14.0. The summed E-state index contributed by atoms with van der Waals surface area (Å²) in [7, 11) is 0. The molecule has 2 aromatic rings. The van der Waals surface area contributed by atoms with Crippen molar-refractivity contribution in [2.75, 3.05) is 11.4 Å². The molecule has 5 rings (SSSR count). The molecule has 2 aromatic carbocycles. The lowest BCUT2D eigenvalue weighted by atomic mass is 9.83. The molecule has 0 aromatic heterocycles. The Bertz CT molecular complexity index is 970. The number of rotatable bonds is 3. The largest absolute Gasteiger partial charge is 0.314 e. The molecule has 2 fully saturated rings. The Morgan fingerprint density at radius 1 is 1.07 bits per heavy atom. The Hall–Kier alpha value is -2.27. The van der Waals surface area contributed by atoms with Gasteiger partial charge in [0.1, 0.15) is 0 Å². The molecule has 29 heavy (non-hydrogen) atoms. The molecule has 1 spiro atoms. The molecule has 1 saturated carbocycles. The van der Waals surface area contributed by atoms with Gasteiger partial charge in [0.25, 0.3) is 5.91 Å². The smallest absolute Gasteiger partial charge is 0.268 e. The van der Waals surface area contributed by atoms with E-state index < -0.39 is 4.87 Å². The van der Waals surface area contributed by atoms with Crippen molar-refractivity contribution in [2.45, 2.75) is 49.3 Å². The third kappa shape index (κ3) is 2.82. The molecule has 5 heteroatoms. The van der Waals surface area contributed by atoms with Crippen LogP contribution in [0.15, 0.2) is 54.6 Å². The van der Waals surface area contributed by atoms with Gasteiger partial charge in [0.2, 0.25) is 5.91 Å². The molecule has 0 N–H and O–H groups in total. The summed E-state index contributed by atoms with van der Waals surface area (Å²) in [5, 5.41) is 0. The van der Waals surface area contributed by atoms with E-state index in [0.717, 1.165) is 36.1 Å². The van der Waals surface area contributed by atoms with Gasteiger partial charge in [0.15, 0.2) is 4.87 Å². The Labute approximate surface area is 176 Å². The molecule has 0 bridgehead atoms. The fourth-order valence-electron chi connectivity index (χ4n) is 4.77. The molecule has 2 aliphatic heterocycles. The monoisotopic (exact) mass is 406 g/mol. The summed E-state index contributed by atoms with van der Waals surface area (Å²) in [6, 6.07) is 18.1. The maximum atomic E-state index is 14.0. The third-order valence-electron chi connectivity index (χ3n) is 6.34. The highest BCUT2D eigenvalue weighted by atomic mass is 32.2. The van der Waals surface area contributed by atoms with Gasteiger partial charge in [0.05, 0.1) is 12.2 Å². The van der Waals surface area contributed by atoms with Gasteiger partial charge in [-0.25, -0.2) is 0 Å². The zero-order chi connectivity index (χ0) is 20.2. The van der Waals surface area contributed by atoms with Crippen molar-refractivity contribution in [2.24, 2.45) is 5.92 Å². The van der Waals surface area contributed by atoms with Crippen molar-refractivity contribution in [3.63, 3.8) is 0 Å². The molecule has 1 saturated heterocycles. The van der Waals surface area contributed by atoms with E-state index >= 15 is 0 Å². The Balaban J connectivity index is 1.61. The third-order valence-corrected chi connectivity index (χ3v) is 7.93. The van der Waals surface area contributed by atoms with Crippen LogP contribution in [0.2, 0.25) is 0 Å². The molecule has 0 unspecified atom stereocenters. The first-order chi connectivity index (χ1) is 13.9. The van der Waals surface area contributed by atoms with E-state index in [4.69, 9.17) is 0 Å². The van der Waals surface area contributed by atoms with Crippen LogP contribution in [-0.4, -0.2) is 28.0 Å². The SMILES string of the molecule is CC1(C)CN(C(=O)C2CCC2)[C@@]2(S1)C(=O)N(Cc1ccccc1)c1ccccc12. The number of nitrogens with zero attached hydrogens (tertiary/aromatic N) is 2. The summed E-state index contributed by atoms with van der Waals surface area (Å²) in [6.07, 6.45) is 3.00.